The molecule has 29 heavy (non-hydrogen) atoms. The Labute approximate surface area is 169 Å². The van der Waals surface area contributed by atoms with Crippen molar-refractivity contribution in [2.45, 2.75) is 12.8 Å². The predicted octanol–water partition coefficient (Wildman–Crippen LogP) is 3.39. The number of amides is 1. The van der Waals surface area contributed by atoms with Gasteiger partial charge in [-0.3, -0.25) is 4.79 Å². The second-order valence-corrected chi connectivity index (χ2v) is 6.60. The van der Waals surface area contributed by atoms with Crippen LogP contribution in [0.25, 0.3) is 11.4 Å². The first-order chi connectivity index (χ1) is 14.0. The molecule has 2 aromatic carbocycles. The SMILES string of the molecule is COc1cc(NC(=O)CCc2nc(-c3ccc(N(C)C)cc3)no2)cc(OC)c1. The number of aromatic nitrogens is 2. The monoisotopic (exact) mass is 396 g/mol. The second kappa shape index (κ2) is 9.09. The molecule has 1 heterocycles. The van der Waals surface area contributed by atoms with Gasteiger partial charge in [0.05, 0.1) is 14.2 Å². The van der Waals surface area contributed by atoms with E-state index in [2.05, 4.69) is 15.5 Å². The minimum Gasteiger partial charge on any atom is -0.497 e. The van der Waals surface area contributed by atoms with Crippen LogP contribution >= 0.6 is 0 Å². The van der Waals surface area contributed by atoms with E-state index >= 15 is 0 Å². The largest absolute Gasteiger partial charge is 0.497 e. The molecule has 0 aliphatic heterocycles. The average molecular weight is 396 g/mol. The van der Waals surface area contributed by atoms with Gasteiger partial charge in [-0.2, -0.15) is 4.98 Å². The summed E-state index contributed by atoms with van der Waals surface area (Å²) in [5.41, 5.74) is 2.54. The van der Waals surface area contributed by atoms with Crippen LogP contribution in [-0.4, -0.2) is 44.4 Å². The van der Waals surface area contributed by atoms with E-state index in [1.807, 2.05) is 43.3 Å². The number of rotatable bonds is 8. The van der Waals surface area contributed by atoms with Crippen molar-refractivity contribution in [1.29, 1.82) is 0 Å². The van der Waals surface area contributed by atoms with Gasteiger partial charge in [0.1, 0.15) is 11.5 Å². The molecule has 152 valence electrons. The molecule has 8 heteroatoms. The number of carbonyl (C=O) groups is 1. The first-order valence-corrected chi connectivity index (χ1v) is 9.11. The van der Waals surface area contributed by atoms with Crippen molar-refractivity contribution in [3.05, 3.63) is 48.4 Å². The summed E-state index contributed by atoms with van der Waals surface area (Å²) >= 11 is 0. The van der Waals surface area contributed by atoms with E-state index in [4.69, 9.17) is 14.0 Å². The summed E-state index contributed by atoms with van der Waals surface area (Å²) in [5.74, 6) is 1.94. The summed E-state index contributed by atoms with van der Waals surface area (Å²) in [6.07, 6.45) is 0.552. The Morgan fingerprint density at radius 2 is 1.72 bits per heavy atom. The Morgan fingerprint density at radius 1 is 1.07 bits per heavy atom. The van der Waals surface area contributed by atoms with Crippen LogP contribution < -0.4 is 19.7 Å². The van der Waals surface area contributed by atoms with Gasteiger partial charge in [-0.1, -0.05) is 5.16 Å². The fraction of sp³-hybridized carbons (Fsp3) is 0.286. The van der Waals surface area contributed by atoms with Gasteiger partial charge in [-0.15, -0.1) is 0 Å². The number of hydrogen-bond donors (Lipinski definition) is 1. The highest BCUT2D eigenvalue weighted by Crippen LogP contribution is 2.26. The highest BCUT2D eigenvalue weighted by Gasteiger charge is 2.12. The lowest BCUT2D eigenvalue weighted by Crippen LogP contribution is -2.12. The topological polar surface area (TPSA) is 89.7 Å². The molecule has 1 N–H and O–H groups in total. The Balaban J connectivity index is 1.58. The number of nitrogens with one attached hydrogen (secondary N) is 1. The molecule has 0 atom stereocenters. The zero-order valence-electron chi connectivity index (χ0n) is 16.9. The van der Waals surface area contributed by atoms with E-state index in [9.17, 15) is 4.79 Å². The highest BCUT2D eigenvalue weighted by atomic mass is 16.5. The van der Waals surface area contributed by atoms with E-state index in [0.717, 1.165) is 11.3 Å². The molecule has 3 rings (SSSR count). The molecule has 1 amide bonds. The van der Waals surface area contributed by atoms with Crippen molar-refractivity contribution in [2.24, 2.45) is 0 Å². The molecule has 0 saturated carbocycles. The van der Waals surface area contributed by atoms with Crippen molar-refractivity contribution in [3.63, 3.8) is 0 Å². The number of benzene rings is 2. The third-order valence-electron chi connectivity index (χ3n) is 4.31. The van der Waals surface area contributed by atoms with Crippen LogP contribution in [0.15, 0.2) is 47.0 Å². The molecule has 0 spiro atoms. The van der Waals surface area contributed by atoms with E-state index < -0.39 is 0 Å². The number of ether oxygens (including phenoxy) is 2. The van der Waals surface area contributed by atoms with Gasteiger partial charge < -0.3 is 24.2 Å². The fourth-order valence-electron chi connectivity index (χ4n) is 2.71. The maximum Gasteiger partial charge on any atom is 0.227 e. The van der Waals surface area contributed by atoms with Gasteiger partial charge in [0, 0.05) is 62.1 Å². The summed E-state index contributed by atoms with van der Waals surface area (Å²) in [5, 5.41) is 6.83. The van der Waals surface area contributed by atoms with Gasteiger partial charge in [0.2, 0.25) is 17.6 Å². The highest BCUT2D eigenvalue weighted by molar-refractivity contribution is 5.91. The molecule has 8 nitrogen and oxygen atoms in total. The zero-order valence-corrected chi connectivity index (χ0v) is 16.9. The molecular formula is C21H24N4O4. The van der Waals surface area contributed by atoms with Crippen molar-refractivity contribution in [2.75, 3.05) is 38.5 Å². The molecule has 0 fully saturated rings. The van der Waals surface area contributed by atoms with Crippen LogP contribution in [0.5, 0.6) is 11.5 Å². The van der Waals surface area contributed by atoms with Crippen LogP contribution in [0.1, 0.15) is 12.3 Å². The molecule has 0 aliphatic carbocycles. The summed E-state index contributed by atoms with van der Waals surface area (Å²) in [6, 6.07) is 13.0. The summed E-state index contributed by atoms with van der Waals surface area (Å²) < 4.78 is 15.7. The fourth-order valence-corrected chi connectivity index (χ4v) is 2.71. The normalized spacial score (nSPS) is 10.5. The predicted molar refractivity (Wildman–Crippen MR) is 111 cm³/mol. The molecule has 3 aromatic rings. The van der Waals surface area contributed by atoms with Gasteiger partial charge >= 0.3 is 0 Å². The van der Waals surface area contributed by atoms with Crippen molar-refractivity contribution in [1.82, 2.24) is 10.1 Å². The van der Waals surface area contributed by atoms with Gasteiger partial charge in [0.15, 0.2) is 0 Å². The van der Waals surface area contributed by atoms with Gasteiger partial charge in [0.25, 0.3) is 0 Å². The quantitative estimate of drug-likeness (QED) is 0.624. The maximum absolute atomic E-state index is 12.3. The Morgan fingerprint density at radius 3 is 2.31 bits per heavy atom. The molecule has 1 aromatic heterocycles. The number of hydrogen-bond acceptors (Lipinski definition) is 7. The van der Waals surface area contributed by atoms with Crippen molar-refractivity contribution < 1.29 is 18.8 Å². The van der Waals surface area contributed by atoms with Gasteiger partial charge in [-0.25, -0.2) is 0 Å². The molecular weight excluding hydrogens is 372 g/mol. The minimum atomic E-state index is -0.171. The zero-order chi connectivity index (χ0) is 20.8. The van der Waals surface area contributed by atoms with Crippen LogP contribution in [0, 0.1) is 0 Å². The number of methoxy groups -OCH3 is 2. The van der Waals surface area contributed by atoms with E-state index in [1.54, 1.807) is 32.4 Å². The lowest BCUT2D eigenvalue weighted by molar-refractivity contribution is -0.116. The summed E-state index contributed by atoms with van der Waals surface area (Å²) in [4.78, 5) is 18.7. The molecule has 0 radical (unpaired) electrons. The van der Waals surface area contributed by atoms with Gasteiger partial charge in [-0.05, 0) is 24.3 Å². The van der Waals surface area contributed by atoms with Crippen LogP contribution in [0.3, 0.4) is 0 Å². The Kier molecular flexibility index (Phi) is 6.33. The van der Waals surface area contributed by atoms with E-state index in [1.165, 1.54) is 0 Å². The standard InChI is InChI=1S/C21H24N4O4/c1-25(2)16-7-5-14(6-8-16)21-23-20(29-24-21)10-9-19(26)22-15-11-17(27-3)13-18(12-15)28-4/h5-8,11-13H,9-10H2,1-4H3,(H,22,26). The third kappa shape index (κ3) is 5.25. The first kappa shape index (κ1) is 20.2. The third-order valence-corrected chi connectivity index (χ3v) is 4.31. The second-order valence-electron chi connectivity index (χ2n) is 6.60. The van der Waals surface area contributed by atoms with E-state index in [-0.39, 0.29) is 12.3 Å². The molecule has 0 saturated heterocycles. The Hall–Kier alpha value is -3.55. The molecule has 0 bridgehead atoms. The number of anilines is 2. The average Bonchev–Trinajstić information content (AvgIpc) is 3.21. The van der Waals surface area contributed by atoms with Crippen LogP contribution in [-0.2, 0) is 11.2 Å². The van der Waals surface area contributed by atoms with Crippen LogP contribution in [0.4, 0.5) is 11.4 Å². The first-order valence-electron chi connectivity index (χ1n) is 9.11. The number of carbonyl (C=O) groups excluding carboxylic acids is 1. The van der Waals surface area contributed by atoms with E-state index in [0.29, 0.717) is 35.3 Å². The maximum atomic E-state index is 12.3. The number of nitrogens with zero attached hydrogens (tertiary/aromatic N) is 3. The lowest BCUT2D eigenvalue weighted by atomic mass is 10.2. The molecule has 0 aliphatic rings. The lowest BCUT2D eigenvalue weighted by Gasteiger charge is -2.11. The number of aryl methyl sites for hydroxylation is 1. The summed E-state index contributed by atoms with van der Waals surface area (Å²) in [7, 11) is 7.07. The molecule has 0 unspecified atom stereocenters. The van der Waals surface area contributed by atoms with Crippen molar-refractivity contribution in [3.8, 4) is 22.9 Å². The van der Waals surface area contributed by atoms with Crippen LogP contribution in [0.2, 0.25) is 0 Å². The van der Waals surface area contributed by atoms with Crippen molar-refractivity contribution >= 4 is 17.3 Å². The Bertz CT molecular complexity index is 945. The minimum absolute atomic E-state index is 0.171. The summed E-state index contributed by atoms with van der Waals surface area (Å²) in [6.45, 7) is 0. The smallest absolute Gasteiger partial charge is 0.227 e.